The van der Waals surface area contributed by atoms with Gasteiger partial charge >= 0.3 is 5.97 Å². The Morgan fingerprint density at radius 1 is 1.27 bits per heavy atom. The van der Waals surface area contributed by atoms with Gasteiger partial charge in [-0.25, -0.2) is 4.39 Å². The molecule has 3 saturated carbocycles. The van der Waals surface area contributed by atoms with Gasteiger partial charge in [-0.05, 0) is 63.0 Å². The molecule has 0 spiro atoms. The van der Waals surface area contributed by atoms with E-state index >= 15 is 4.39 Å². The quantitative estimate of drug-likeness (QED) is 0.609. The summed E-state index contributed by atoms with van der Waals surface area (Å²) in [4.78, 5) is 37.7. The fourth-order valence-electron chi connectivity index (χ4n) is 7.85. The molecule has 0 bridgehead atoms. The molecule has 1 unspecified atom stereocenters. The number of hydrogen-bond donors (Lipinski definition) is 2. The maximum Gasteiger partial charge on any atom is 0.306 e. The van der Waals surface area contributed by atoms with Crippen molar-refractivity contribution in [2.24, 2.45) is 28.6 Å². The average Bonchev–Trinajstić information content (AvgIpc) is 3.04. The number of ether oxygens (including phenoxy) is 1. The van der Waals surface area contributed by atoms with Crippen LogP contribution in [-0.4, -0.2) is 51.7 Å². The predicted octanol–water partition coefficient (Wildman–Crippen LogP) is 3.25. The maximum absolute atomic E-state index is 17.3. The minimum atomic E-state index is -2.03. The largest absolute Gasteiger partial charge is 0.450 e. The Bertz CT molecular complexity index is 941. The standard InChI is InChI=1S/C26H35FO6/c1-5-6-22(32)33-25(21(31)14-28)10-8-17-19-11-15(2)18-12-16(29)7-9-23(18,3)26(19,27)20(30)13-24(17,25)4/h7,9,12,15,17,19-20,28,30H,5-6,8,10-11,13-14H2,1-4H3/t15?,17-,19-,20-,23-,24-,25+,26-/m0/s1. The van der Waals surface area contributed by atoms with Gasteiger partial charge in [0.1, 0.15) is 6.61 Å². The Morgan fingerprint density at radius 3 is 2.61 bits per heavy atom. The second-order valence-electron chi connectivity index (χ2n) is 11.0. The molecule has 6 nitrogen and oxygen atoms in total. The van der Waals surface area contributed by atoms with Crippen molar-refractivity contribution in [2.45, 2.75) is 83.6 Å². The van der Waals surface area contributed by atoms with E-state index in [1.165, 1.54) is 12.2 Å². The van der Waals surface area contributed by atoms with Crippen LogP contribution in [0.15, 0.2) is 23.8 Å². The first-order chi connectivity index (χ1) is 15.4. The molecule has 0 aromatic heterocycles. The number of aliphatic hydroxyl groups excluding tert-OH is 2. The summed E-state index contributed by atoms with van der Waals surface area (Å²) in [6, 6.07) is 0. The monoisotopic (exact) mass is 462 g/mol. The third-order valence-electron chi connectivity index (χ3n) is 9.42. The molecule has 0 aromatic carbocycles. The van der Waals surface area contributed by atoms with Crippen molar-refractivity contribution in [3.05, 3.63) is 23.8 Å². The molecule has 0 aliphatic heterocycles. The number of halogens is 1. The zero-order valence-electron chi connectivity index (χ0n) is 19.9. The van der Waals surface area contributed by atoms with Crippen molar-refractivity contribution in [1.29, 1.82) is 0 Å². The van der Waals surface area contributed by atoms with E-state index in [1.54, 1.807) is 19.9 Å². The molecule has 4 rings (SSSR count). The molecular weight excluding hydrogens is 427 g/mol. The Hall–Kier alpha value is -1.86. The van der Waals surface area contributed by atoms with Crippen LogP contribution in [0, 0.1) is 28.6 Å². The maximum atomic E-state index is 17.3. The average molecular weight is 463 g/mol. The van der Waals surface area contributed by atoms with Crippen LogP contribution in [-0.2, 0) is 19.1 Å². The van der Waals surface area contributed by atoms with Crippen molar-refractivity contribution >= 4 is 17.5 Å². The number of rotatable bonds is 5. The van der Waals surface area contributed by atoms with Gasteiger partial charge < -0.3 is 14.9 Å². The lowest BCUT2D eigenvalue weighted by Crippen LogP contribution is -2.70. The number of esters is 1. The first-order valence-corrected chi connectivity index (χ1v) is 12.1. The smallest absolute Gasteiger partial charge is 0.306 e. The van der Waals surface area contributed by atoms with Gasteiger partial charge in [0.15, 0.2) is 17.1 Å². The second-order valence-corrected chi connectivity index (χ2v) is 11.0. The summed E-state index contributed by atoms with van der Waals surface area (Å²) in [5.41, 5.74) is -5.07. The molecule has 2 N–H and O–H groups in total. The topological polar surface area (TPSA) is 101 Å². The van der Waals surface area contributed by atoms with Crippen molar-refractivity contribution in [2.75, 3.05) is 6.61 Å². The third-order valence-corrected chi connectivity index (χ3v) is 9.42. The summed E-state index contributed by atoms with van der Waals surface area (Å²) >= 11 is 0. The lowest BCUT2D eigenvalue weighted by molar-refractivity contribution is -0.228. The fourth-order valence-corrected chi connectivity index (χ4v) is 7.85. The van der Waals surface area contributed by atoms with E-state index < -0.39 is 52.5 Å². The van der Waals surface area contributed by atoms with Crippen LogP contribution in [0.1, 0.15) is 66.2 Å². The van der Waals surface area contributed by atoms with Gasteiger partial charge in [0, 0.05) is 23.2 Å². The Morgan fingerprint density at radius 2 is 1.97 bits per heavy atom. The number of hydrogen-bond acceptors (Lipinski definition) is 6. The number of fused-ring (bicyclic) bond motifs is 5. The minimum absolute atomic E-state index is 0.0746. The molecule has 182 valence electrons. The Balaban J connectivity index is 1.82. The molecule has 8 atom stereocenters. The van der Waals surface area contributed by atoms with Gasteiger partial charge in [-0.1, -0.05) is 32.4 Å². The molecule has 0 heterocycles. The number of ketones is 2. The van der Waals surface area contributed by atoms with Crippen LogP contribution in [0.4, 0.5) is 4.39 Å². The number of alkyl halides is 1. The lowest BCUT2D eigenvalue weighted by Gasteiger charge is -2.63. The van der Waals surface area contributed by atoms with Crippen LogP contribution in [0.5, 0.6) is 0 Å². The van der Waals surface area contributed by atoms with Crippen molar-refractivity contribution < 1.29 is 33.7 Å². The summed E-state index contributed by atoms with van der Waals surface area (Å²) in [6.07, 6.45) is 4.74. The Kier molecular flexibility index (Phi) is 5.77. The number of aliphatic hydroxyl groups is 2. The van der Waals surface area contributed by atoms with Gasteiger partial charge in [-0.3, -0.25) is 14.4 Å². The van der Waals surface area contributed by atoms with Gasteiger partial charge in [-0.15, -0.1) is 0 Å². The van der Waals surface area contributed by atoms with E-state index in [9.17, 15) is 24.6 Å². The zero-order chi connectivity index (χ0) is 24.4. The summed E-state index contributed by atoms with van der Waals surface area (Å²) in [6.45, 7) is 6.57. The first kappa shape index (κ1) is 24.3. The molecule has 0 aromatic rings. The molecule has 3 fully saturated rings. The number of carbonyl (C=O) groups excluding carboxylic acids is 3. The normalized spacial score (nSPS) is 46.2. The van der Waals surface area contributed by atoms with Gasteiger partial charge in [0.25, 0.3) is 0 Å². The highest BCUT2D eigenvalue weighted by atomic mass is 19.1. The highest BCUT2D eigenvalue weighted by molar-refractivity contribution is 6.01. The summed E-state index contributed by atoms with van der Waals surface area (Å²) < 4.78 is 23.1. The van der Waals surface area contributed by atoms with Crippen LogP contribution in [0.3, 0.4) is 0 Å². The Labute approximate surface area is 194 Å². The summed E-state index contributed by atoms with van der Waals surface area (Å²) in [7, 11) is 0. The predicted molar refractivity (Wildman–Crippen MR) is 119 cm³/mol. The van der Waals surface area contributed by atoms with E-state index in [0.717, 1.165) is 0 Å². The van der Waals surface area contributed by atoms with E-state index in [2.05, 4.69) is 0 Å². The highest BCUT2D eigenvalue weighted by Crippen LogP contribution is 2.71. The fraction of sp³-hybridized carbons (Fsp3) is 0.731. The zero-order valence-corrected chi connectivity index (χ0v) is 19.9. The molecular formula is C26H35FO6. The third kappa shape index (κ3) is 3.00. The second kappa shape index (κ2) is 7.84. The van der Waals surface area contributed by atoms with Crippen LogP contribution < -0.4 is 0 Å². The molecule has 4 aliphatic rings. The lowest BCUT2D eigenvalue weighted by atomic mass is 9.43. The first-order valence-electron chi connectivity index (χ1n) is 12.1. The molecule has 0 radical (unpaired) electrons. The molecule has 7 heteroatoms. The van der Waals surface area contributed by atoms with Gasteiger partial charge in [0.05, 0.1) is 6.10 Å². The van der Waals surface area contributed by atoms with Crippen molar-refractivity contribution in [3.8, 4) is 0 Å². The van der Waals surface area contributed by atoms with Crippen molar-refractivity contribution in [3.63, 3.8) is 0 Å². The highest BCUT2D eigenvalue weighted by Gasteiger charge is 2.76. The summed E-state index contributed by atoms with van der Waals surface area (Å²) in [5, 5.41) is 21.2. The van der Waals surface area contributed by atoms with E-state index in [-0.39, 0.29) is 36.9 Å². The van der Waals surface area contributed by atoms with Crippen molar-refractivity contribution in [1.82, 2.24) is 0 Å². The van der Waals surface area contributed by atoms with E-state index in [4.69, 9.17) is 4.74 Å². The SMILES string of the molecule is CCCC(=O)O[C@@]1(C(=O)CO)CC[C@H]2[C@@H]3CC(C)C4=CC(=O)C=C[C@]4(C)[C@@]3(F)[C@@H](O)C[C@@]21C. The molecule has 33 heavy (non-hydrogen) atoms. The number of Topliss-reactive ketones (excluding diaryl/α,β-unsaturated/α-hetero) is 1. The van der Waals surface area contributed by atoms with Crippen LogP contribution in [0.2, 0.25) is 0 Å². The van der Waals surface area contributed by atoms with Gasteiger partial charge in [-0.2, -0.15) is 0 Å². The summed E-state index contributed by atoms with van der Waals surface area (Å²) in [5.74, 6) is -2.30. The van der Waals surface area contributed by atoms with E-state index in [1.807, 2.05) is 13.8 Å². The van der Waals surface area contributed by atoms with Crippen LogP contribution in [0.25, 0.3) is 0 Å². The number of allylic oxidation sites excluding steroid dienone is 4. The number of carbonyl (C=O) groups is 3. The molecule has 0 amide bonds. The molecule has 0 saturated heterocycles. The van der Waals surface area contributed by atoms with Gasteiger partial charge in [0.2, 0.25) is 5.78 Å². The van der Waals surface area contributed by atoms with Crippen LogP contribution >= 0.6 is 0 Å². The minimum Gasteiger partial charge on any atom is -0.450 e. The molecule has 4 aliphatic carbocycles. The van der Waals surface area contributed by atoms with E-state index in [0.29, 0.717) is 24.8 Å².